The van der Waals surface area contributed by atoms with Gasteiger partial charge in [-0.2, -0.15) is 0 Å². The number of hydrogen-bond acceptors (Lipinski definition) is 7. The van der Waals surface area contributed by atoms with Crippen molar-refractivity contribution in [3.8, 4) is 11.5 Å². The predicted molar refractivity (Wildman–Crippen MR) is 117 cm³/mol. The molecule has 31 heavy (non-hydrogen) atoms. The zero-order valence-electron chi connectivity index (χ0n) is 16.8. The van der Waals surface area contributed by atoms with E-state index in [9.17, 15) is 14.9 Å². The molecule has 1 aliphatic rings. The Balaban J connectivity index is 1.93. The first-order valence-corrected chi connectivity index (χ1v) is 9.92. The van der Waals surface area contributed by atoms with Gasteiger partial charge in [0.05, 0.1) is 34.2 Å². The van der Waals surface area contributed by atoms with Crippen LogP contribution >= 0.6 is 23.2 Å². The first-order chi connectivity index (χ1) is 14.7. The van der Waals surface area contributed by atoms with E-state index in [1.54, 1.807) is 12.1 Å². The highest BCUT2D eigenvalue weighted by Crippen LogP contribution is 2.37. The van der Waals surface area contributed by atoms with E-state index in [1.807, 2.05) is 13.8 Å². The van der Waals surface area contributed by atoms with Crippen molar-refractivity contribution in [1.29, 1.82) is 0 Å². The lowest BCUT2D eigenvalue weighted by molar-refractivity contribution is -0.384. The van der Waals surface area contributed by atoms with Gasteiger partial charge in [-0.3, -0.25) is 10.1 Å². The van der Waals surface area contributed by atoms with Gasteiger partial charge in [0.2, 0.25) is 5.90 Å². The average Bonchev–Trinajstić information content (AvgIpc) is 3.06. The smallest absolute Gasteiger partial charge is 0.363 e. The Bertz CT molecular complexity index is 1110. The Morgan fingerprint density at radius 3 is 2.58 bits per heavy atom. The van der Waals surface area contributed by atoms with Gasteiger partial charge in [-0.25, -0.2) is 9.79 Å². The van der Waals surface area contributed by atoms with Gasteiger partial charge < -0.3 is 14.2 Å². The summed E-state index contributed by atoms with van der Waals surface area (Å²) in [6, 6.07) is 7.06. The van der Waals surface area contributed by atoms with Crippen molar-refractivity contribution in [2.45, 2.75) is 13.8 Å². The normalized spacial score (nSPS) is 14.6. The number of nitro benzene ring substituents is 1. The quantitative estimate of drug-likeness (QED) is 0.238. The molecule has 0 amide bonds. The first-order valence-electron chi connectivity index (χ1n) is 9.16. The molecule has 0 aliphatic carbocycles. The number of rotatable bonds is 7. The van der Waals surface area contributed by atoms with E-state index >= 15 is 0 Å². The van der Waals surface area contributed by atoms with Crippen LogP contribution in [0.15, 0.2) is 41.0 Å². The molecule has 0 aromatic heterocycles. The summed E-state index contributed by atoms with van der Waals surface area (Å²) < 4.78 is 16.3. The van der Waals surface area contributed by atoms with E-state index in [1.165, 1.54) is 25.3 Å². The average molecular weight is 465 g/mol. The van der Waals surface area contributed by atoms with Gasteiger partial charge in [0.25, 0.3) is 5.69 Å². The summed E-state index contributed by atoms with van der Waals surface area (Å²) in [6.07, 6.45) is 1.48. The SMILES string of the molecule is COc1cc(/C=C2\N=C(c3ccc([N+](=O)[O-])cc3Cl)OC2=O)cc(Cl)c1OCC(C)C. The molecule has 0 radical (unpaired) electrons. The van der Waals surface area contributed by atoms with Gasteiger partial charge in [-0.05, 0) is 35.8 Å². The number of hydrogen-bond donors (Lipinski definition) is 0. The minimum Gasteiger partial charge on any atom is -0.493 e. The van der Waals surface area contributed by atoms with Crippen LogP contribution in [0, 0.1) is 16.0 Å². The maximum absolute atomic E-state index is 12.3. The minimum absolute atomic E-state index is 0.0124. The fourth-order valence-corrected chi connectivity index (χ4v) is 3.22. The summed E-state index contributed by atoms with van der Waals surface area (Å²) in [4.78, 5) is 26.7. The van der Waals surface area contributed by atoms with Crippen LogP contribution in [-0.2, 0) is 9.53 Å². The molecule has 0 atom stereocenters. The molecule has 1 aliphatic heterocycles. The van der Waals surface area contributed by atoms with Crippen molar-refractivity contribution in [2.24, 2.45) is 10.9 Å². The van der Waals surface area contributed by atoms with Crippen molar-refractivity contribution < 1.29 is 23.9 Å². The van der Waals surface area contributed by atoms with Gasteiger partial charge in [-0.1, -0.05) is 37.0 Å². The highest BCUT2D eigenvalue weighted by molar-refractivity contribution is 6.35. The van der Waals surface area contributed by atoms with Crippen LogP contribution in [0.25, 0.3) is 6.08 Å². The molecule has 0 saturated heterocycles. The maximum Gasteiger partial charge on any atom is 0.363 e. The molecule has 2 aromatic carbocycles. The standard InChI is InChI=1S/C21H18Cl2N2O6/c1-11(2)10-30-19-16(23)6-12(8-18(19)29-3)7-17-21(26)31-20(24-17)14-5-4-13(25(27)28)9-15(14)22/h4-9,11H,10H2,1-3H3/b17-7-. The fraction of sp³-hybridized carbons (Fsp3) is 0.238. The van der Waals surface area contributed by atoms with Crippen molar-refractivity contribution in [3.05, 3.63) is 67.3 Å². The molecular weight excluding hydrogens is 447 g/mol. The third-order valence-corrected chi connectivity index (χ3v) is 4.72. The van der Waals surface area contributed by atoms with Crippen LogP contribution in [0.1, 0.15) is 25.0 Å². The molecule has 162 valence electrons. The molecule has 0 fully saturated rings. The molecule has 0 spiro atoms. The molecule has 0 saturated carbocycles. The summed E-state index contributed by atoms with van der Waals surface area (Å²) in [5.41, 5.74) is 0.636. The van der Waals surface area contributed by atoms with Crippen LogP contribution in [0.5, 0.6) is 11.5 Å². The molecule has 2 aromatic rings. The molecule has 0 unspecified atom stereocenters. The Labute approximate surface area is 188 Å². The van der Waals surface area contributed by atoms with Crippen LogP contribution < -0.4 is 9.47 Å². The maximum atomic E-state index is 12.3. The number of benzene rings is 2. The first kappa shape index (κ1) is 22.6. The van der Waals surface area contributed by atoms with Crippen LogP contribution in [0.2, 0.25) is 10.0 Å². The monoisotopic (exact) mass is 464 g/mol. The topological polar surface area (TPSA) is 100 Å². The van der Waals surface area contributed by atoms with E-state index in [0.717, 1.165) is 6.07 Å². The van der Waals surface area contributed by atoms with Crippen LogP contribution in [0.4, 0.5) is 5.69 Å². The number of carbonyl (C=O) groups is 1. The van der Waals surface area contributed by atoms with E-state index < -0.39 is 10.9 Å². The number of cyclic esters (lactones) is 1. The lowest BCUT2D eigenvalue weighted by Gasteiger charge is -2.14. The lowest BCUT2D eigenvalue weighted by atomic mass is 10.1. The summed E-state index contributed by atoms with van der Waals surface area (Å²) in [7, 11) is 1.49. The molecular formula is C21H18Cl2N2O6. The van der Waals surface area contributed by atoms with E-state index in [4.69, 9.17) is 37.4 Å². The Morgan fingerprint density at radius 1 is 1.23 bits per heavy atom. The number of aliphatic imine (C=N–C) groups is 1. The Hall–Kier alpha value is -3.10. The number of nitro groups is 1. The molecule has 0 bridgehead atoms. The predicted octanol–water partition coefficient (Wildman–Crippen LogP) is 5.29. The summed E-state index contributed by atoms with van der Waals surface area (Å²) in [5.74, 6) is 0.380. The largest absolute Gasteiger partial charge is 0.493 e. The Morgan fingerprint density at radius 2 is 1.97 bits per heavy atom. The second-order valence-electron chi connectivity index (χ2n) is 7.00. The molecule has 8 nitrogen and oxygen atoms in total. The zero-order chi connectivity index (χ0) is 22.7. The number of methoxy groups -OCH3 is 1. The number of ether oxygens (including phenoxy) is 3. The van der Waals surface area contributed by atoms with E-state index in [0.29, 0.717) is 34.6 Å². The molecule has 0 N–H and O–H groups in total. The lowest BCUT2D eigenvalue weighted by Crippen LogP contribution is -2.06. The second kappa shape index (κ2) is 9.36. The van der Waals surface area contributed by atoms with Crippen LogP contribution in [-0.4, -0.2) is 30.5 Å². The molecule has 1 heterocycles. The van der Waals surface area contributed by atoms with E-state index in [-0.39, 0.29) is 27.9 Å². The number of non-ortho nitro benzene ring substituents is 1. The highest BCUT2D eigenvalue weighted by atomic mass is 35.5. The number of halogens is 2. The van der Waals surface area contributed by atoms with Crippen molar-refractivity contribution in [3.63, 3.8) is 0 Å². The second-order valence-corrected chi connectivity index (χ2v) is 7.81. The third-order valence-electron chi connectivity index (χ3n) is 4.13. The number of nitrogens with zero attached hydrogens (tertiary/aromatic N) is 2. The number of carbonyl (C=O) groups excluding carboxylic acids is 1. The summed E-state index contributed by atoms with van der Waals surface area (Å²) in [5, 5.41) is 11.2. The van der Waals surface area contributed by atoms with Gasteiger partial charge in [0, 0.05) is 12.1 Å². The van der Waals surface area contributed by atoms with Crippen molar-refractivity contribution >= 4 is 46.8 Å². The molecule has 10 heteroatoms. The van der Waals surface area contributed by atoms with Gasteiger partial charge >= 0.3 is 5.97 Å². The van der Waals surface area contributed by atoms with Gasteiger partial charge in [-0.15, -0.1) is 0 Å². The number of esters is 1. The van der Waals surface area contributed by atoms with Gasteiger partial charge in [0.15, 0.2) is 17.2 Å². The minimum atomic E-state index is -0.695. The molecule has 3 rings (SSSR count). The zero-order valence-corrected chi connectivity index (χ0v) is 18.4. The van der Waals surface area contributed by atoms with E-state index in [2.05, 4.69) is 4.99 Å². The van der Waals surface area contributed by atoms with Crippen LogP contribution in [0.3, 0.4) is 0 Å². The Kier molecular flexibility index (Phi) is 6.82. The van der Waals surface area contributed by atoms with Gasteiger partial charge in [0.1, 0.15) is 0 Å². The summed E-state index contributed by atoms with van der Waals surface area (Å²) in [6.45, 7) is 4.49. The highest BCUT2D eigenvalue weighted by Gasteiger charge is 2.27. The summed E-state index contributed by atoms with van der Waals surface area (Å²) >= 11 is 12.4. The third kappa shape index (κ3) is 5.15. The van der Waals surface area contributed by atoms with Crippen molar-refractivity contribution in [1.82, 2.24) is 0 Å². The van der Waals surface area contributed by atoms with Crippen molar-refractivity contribution in [2.75, 3.05) is 13.7 Å². The fourth-order valence-electron chi connectivity index (χ4n) is 2.69.